The van der Waals surface area contributed by atoms with Crippen LogP contribution in [0.25, 0.3) is 0 Å². The Bertz CT molecular complexity index is 384. The van der Waals surface area contributed by atoms with Gasteiger partial charge in [-0.25, -0.2) is 0 Å². The maximum absolute atomic E-state index is 5.95. The highest BCUT2D eigenvalue weighted by Crippen LogP contribution is 2.22. The summed E-state index contributed by atoms with van der Waals surface area (Å²) in [6, 6.07) is 8.68. The van der Waals surface area contributed by atoms with Gasteiger partial charge in [0.05, 0.1) is 0 Å². The minimum atomic E-state index is 0.455. The number of nitrogens with zero attached hydrogens (tertiary/aromatic N) is 1. The van der Waals surface area contributed by atoms with Gasteiger partial charge in [-0.3, -0.25) is 4.90 Å². The molecule has 1 N–H and O–H groups in total. The average Bonchev–Trinajstić information content (AvgIpc) is 2.48. The third-order valence-electron chi connectivity index (χ3n) is 4.54. The molecular formula is C17H27ClN2. The van der Waals surface area contributed by atoms with E-state index < -0.39 is 0 Å². The van der Waals surface area contributed by atoms with E-state index in [0.717, 1.165) is 10.9 Å². The molecule has 1 aliphatic rings. The summed E-state index contributed by atoms with van der Waals surface area (Å²) in [6.07, 6.45) is 5.40. The fourth-order valence-corrected chi connectivity index (χ4v) is 3.12. The number of nitrogens with one attached hydrogen (secondary N) is 1. The molecule has 0 bridgehead atoms. The second-order valence-electron chi connectivity index (χ2n) is 6.06. The second kappa shape index (κ2) is 8.02. The Labute approximate surface area is 128 Å². The summed E-state index contributed by atoms with van der Waals surface area (Å²) in [5.41, 5.74) is 1.34. The lowest BCUT2D eigenvalue weighted by Crippen LogP contribution is -2.30. The standard InChI is InChI=1S/C17H27ClN2/c1-14(16-7-9-17(18)10-8-16)20(2)12-4-6-15-5-3-11-19-13-15/h7-10,14-15,19H,3-6,11-13H2,1-2H3. The molecule has 0 aromatic heterocycles. The Morgan fingerprint density at radius 3 is 2.75 bits per heavy atom. The van der Waals surface area contributed by atoms with Gasteiger partial charge in [0.2, 0.25) is 0 Å². The second-order valence-corrected chi connectivity index (χ2v) is 6.50. The highest BCUT2D eigenvalue weighted by atomic mass is 35.5. The fourth-order valence-electron chi connectivity index (χ4n) is 2.99. The van der Waals surface area contributed by atoms with Crippen LogP contribution in [0.1, 0.15) is 44.2 Å². The summed E-state index contributed by atoms with van der Waals surface area (Å²) in [4.78, 5) is 2.44. The normalized spacial score (nSPS) is 21.1. The van der Waals surface area contributed by atoms with Crippen LogP contribution in [0, 0.1) is 5.92 Å². The van der Waals surface area contributed by atoms with E-state index in [2.05, 4.69) is 36.3 Å². The van der Waals surface area contributed by atoms with Gasteiger partial charge in [-0.05, 0) is 82.9 Å². The minimum absolute atomic E-state index is 0.455. The van der Waals surface area contributed by atoms with E-state index in [-0.39, 0.29) is 0 Å². The van der Waals surface area contributed by atoms with Crippen molar-refractivity contribution in [3.8, 4) is 0 Å². The Morgan fingerprint density at radius 1 is 1.35 bits per heavy atom. The molecule has 112 valence electrons. The van der Waals surface area contributed by atoms with Crippen molar-refractivity contribution in [2.75, 3.05) is 26.7 Å². The van der Waals surface area contributed by atoms with Crippen LogP contribution >= 0.6 is 11.6 Å². The van der Waals surface area contributed by atoms with Gasteiger partial charge < -0.3 is 5.32 Å². The number of halogens is 1. The fraction of sp³-hybridized carbons (Fsp3) is 0.647. The molecule has 2 atom stereocenters. The summed E-state index contributed by atoms with van der Waals surface area (Å²) in [7, 11) is 2.22. The van der Waals surface area contributed by atoms with Crippen molar-refractivity contribution in [3.63, 3.8) is 0 Å². The van der Waals surface area contributed by atoms with Gasteiger partial charge in [-0.1, -0.05) is 23.7 Å². The minimum Gasteiger partial charge on any atom is -0.316 e. The first-order chi connectivity index (χ1) is 9.66. The van der Waals surface area contributed by atoms with Gasteiger partial charge in [0.1, 0.15) is 0 Å². The summed E-state index contributed by atoms with van der Waals surface area (Å²) >= 11 is 5.95. The Balaban J connectivity index is 1.73. The van der Waals surface area contributed by atoms with E-state index >= 15 is 0 Å². The summed E-state index contributed by atoms with van der Waals surface area (Å²) in [5.74, 6) is 0.892. The zero-order valence-electron chi connectivity index (χ0n) is 12.7. The van der Waals surface area contributed by atoms with Gasteiger partial charge in [0, 0.05) is 11.1 Å². The van der Waals surface area contributed by atoms with Crippen molar-refractivity contribution in [2.45, 2.75) is 38.6 Å². The molecule has 0 spiro atoms. The van der Waals surface area contributed by atoms with E-state index in [0.29, 0.717) is 6.04 Å². The van der Waals surface area contributed by atoms with E-state index in [4.69, 9.17) is 11.6 Å². The first-order valence-electron chi connectivity index (χ1n) is 7.83. The Morgan fingerprint density at radius 2 is 2.10 bits per heavy atom. The molecule has 0 aliphatic carbocycles. The molecule has 1 heterocycles. The molecule has 1 fully saturated rings. The molecule has 0 amide bonds. The molecule has 2 nitrogen and oxygen atoms in total. The van der Waals surface area contributed by atoms with Gasteiger partial charge in [-0.15, -0.1) is 0 Å². The van der Waals surface area contributed by atoms with Crippen molar-refractivity contribution < 1.29 is 0 Å². The van der Waals surface area contributed by atoms with Crippen LogP contribution < -0.4 is 5.32 Å². The van der Waals surface area contributed by atoms with Crippen molar-refractivity contribution in [2.24, 2.45) is 5.92 Å². The monoisotopic (exact) mass is 294 g/mol. The first-order valence-corrected chi connectivity index (χ1v) is 8.21. The van der Waals surface area contributed by atoms with Gasteiger partial charge in [0.15, 0.2) is 0 Å². The van der Waals surface area contributed by atoms with Gasteiger partial charge >= 0.3 is 0 Å². The highest BCUT2D eigenvalue weighted by Gasteiger charge is 2.15. The first kappa shape index (κ1) is 15.8. The van der Waals surface area contributed by atoms with Crippen molar-refractivity contribution in [1.29, 1.82) is 0 Å². The predicted molar refractivity (Wildman–Crippen MR) is 87.3 cm³/mol. The maximum Gasteiger partial charge on any atom is 0.0406 e. The molecule has 1 aromatic carbocycles. The number of hydrogen-bond acceptors (Lipinski definition) is 2. The Hall–Kier alpha value is -0.570. The lowest BCUT2D eigenvalue weighted by atomic mass is 9.94. The predicted octanol–water partition coefficient (Wildman–Crippen LogP) is 4.11. The number of benzene rings is 1. The van der Waals surface area contributed by atoms with Crippen LogP contribution in [-0.4, -0.2) is 31.6 Å². The van der Waals surface area contributed by atoms with Crippen molar-refractivity contribution in [3.05, 3.63) is 34.9 Å². The van der Waals surface area contributed by atoms with Crippen LogP contribution in [-0.2, 0) is 0 Å². The largest absolute Gasteiger partial charge is 0.316 e. The van der Waals surface area contributed by atoms with E-state index in [1.165, 1.54) is 50.9 Å². The third-order valence-corrected chi connectivity index (χ3v) is 4.79. The quantitative estimate of drug-likeness (QED) is 0.849. The molecule has 0 saturated carbocycles. The zero-order chi connectivity index (χ0) is 14.4. The van der Waals surface area contributed by atoms with Crippen LogP contribution in [0.2, 0.25) is 5.02 Å². The van der Waals surface area contributed by atoms with Crippen LogP contribution in [0.3, 0.4) is 0 Å². The molecule has 2 rings (SSSR count). The molecule has 0 radical (unpaired) electrons. The lowest BCUT2D eigenvalue weighted by molar-refractivity contribution is 0.242. The molecule has 3 heteroatoms. The zero-order valence-corrected chi connectivity index (χ0v) is 13.5. The number of piperidine rings is 1. The number of rotatable bonds is 6. The topological polar surface area (TPSA) is 15.3 Å². The molecule has 1 aliphatic heterocycles. The van der Waals surface area contributed by atoms with E-state index in [1.807, 2.05) is 12.1 Å². The molecular weight excluding hydrogens is 268 g/mol. The van der Waals surface area contributed by atoms with Crippen LogP contribution in [0.5, 0.6) is 0 Å². The summed E-state index contributed by atoms with van der Waals surface area (Å²) in [6.45, 7) is 5.87. The Kier molecular flexibility index (Phi) is 6.34. The van der Waals surface area contributed by atoms with E-state index in [1.54, 1.807) is 0 Å². The molecule has 20 heavy (non-hydrogen) atoms. The number of hydrogen-bond donors (Lipinski definition) is 1. The molecule has 2 unspecified atom stereocenters. The summed E-state index contributed by atoms with van der Waals surface area (Å²) < 4.78 is 0. The van der Waals surface area contributed by atoms with E-state index in [9.17, 15) is 0 Å². The van der Waals surface area contributed by atoms with Gasteiger partial charge in [-0.2, -0.15) is 0 Å². The van der Waals surface area contributed by atoms with Crippen LogP contribution in [0.4, 0.5) is 0 Å². The van der Waals surface area contributed by atoms with Crippen molar-refractivity contribution in [1.82, 2.24) is 10.2 Å². The maximum atomic E-state index is 5.95. The smallest absolute Gasteiger partial charge is 0.0406 e. The lowest BCUT2D eigenvalue weighted by Gasteiger charge is -2.27. The van der Waals surface area contributed by atoms with Crippen molar-refractivity contribution >= 4 is 11.6 Å². The molecule has 1 saturated heterocycles. The average molecular weight is 295 g/mol. The van der Waals surface area contributed by atoms with Crippen LogP contribution in [0.15, 0.2) is 24.3 Å². The highest BCUT2D eigenvalue weighted by molar-refractivity contribution is 6.30. The van der Waals surface area contributed by atoms with Gasteiger partial charge in [0.25, 0.3) is 0 Å². The third kappa shape index (κ3) is 4.76. The molecule has 1 aromatic rings. The summed E-state index contributed by atoms with van der Waals surface area (Å²) in [5, 5.41) is 4.31. The SMILES string of the molecule is CC(c1ccc(Cl)cc1)N(C)CCCC1CCCNC1.